The van der Waals surface area contributed by atoms with Gasteiger partial charge in [-0.05, 0) is 56.2 Å². The highest BCUT2D eigenvalue weighted by Gasteiger charge is 2.47. The molecule has 1 amide bonds. The van der Waals surface area contributed by atoms with Gasteiger partial charge in [0.1, 0.15) is 11.5 Å². The number of carbonyl (C=O) groups excluding carboxylic acids is 2. The highest BCUT2D eigenvalue weighted by atomic mass is 16.5. The summed E-state index contributed by atoms with van der Waals surface area (Å²) in [5.41, 5.74) is 4.74. The lowest BCUT2D eigenvalue weighted by Gasteiger charge is -2.25. The molecule has 0 bridgehead atoms. The van der Waals surface area contributed by atoms with Gasteiger partial charge in [-0.2, -0.15) is 0 Å². The van der Waals surface area contributed by atoms with E-state index in [0.717, 1.165) is 27.6 Å². The first kappa shape index (κ1) is 22.5. The number of hydrogen-bond donors (Lipinski definition) is 2. The summed E-state index contributed by atoms with van der Waals surface area (Å²) in [6, 6.07) is 19.5. The molecule has 1 unspecified atom stereocenters. The van der Waals surface area contributed by atoms with E-state index in [0.29, 0.717) is 23.6 Å². The number of aliphatic hydroxyl groups excluding tert-OH is 1. The third kappa shape index (κ3) is 3.77. The zero-order valence-electron chi connectivity index (χ0n) is 19.8. The molecular formula is C29H26N2O4. The Morgan fingerprint density at radius 3 is 2.57 bits per heavy atom. The molecule has 6 nitrogen and oxygen atoms in total. The van der Waals surface area contributed by atoms with Crippen LogP contribution in [0.5, 0.6) is 5.75 Å². The van der Waals surface area contributed by atoms with E-state index >= 15 is 0 Å². The van der Waals surface area contributed by atoms with Crippen LogP contribution in [0.25, 0.3) is 16.7 Å². The normalized spacial score (nSPS) is 17.3. The Morgan fingerprint density at radius 2 is 1.80 bits per heavy atom. The largest absolute Gasteiger partial charge is 0.507 e. The smallest absolute Gasteiger partial charge is 0.300 e. The van der Waals surface area contributed by atoms with Crippen LogP contribution in [0.2, 0.25) is 0 Å². The second kappa shape index (κ2) is 8.80. The molecule has 1 aliphatic rings. The number of nitrogens with zero attached hydrogens (tertiary/aromatic N) is 1. The number of fused-ring (bicyclic) bond motifs is 1. The zero-order valence-corrected chi connectivity index (χ0v) is 19.8. The maximum absolute atomic E-state index is 13.5. The number of ketones is 1. The third-order valence-corrected chi connectivity index (χ3v) is 6.55. The van der Waals surface area contributed by atoms with Crippen LogP contribution in [0.1, 0.15) is 35.2 Å². The van der Waals surface area contributed by atoms with E-state index in [-0.39, 0.29) is 11.3 Å². The fourth-order valence-corrected chi connectivity index (χ4v) is 4.65. The van der Waals surface area contributed by atoms with Gasteiger partial charge in [0.15, 0.2) is 0 Å². The van der Waals surface area contributed by atoms with Crippen LogP contribution in [0.15, 0.2) is 78.5 Å². The number of Topliss-reactive ketones (excluding diaryl/α,β-unsaturated/α-hetero) is 1. The number of aliphatic hydroxyl groups is 1. The van der Waals surface area contributed by atoms with Crippen molar-refractivity contribution >= 4 is 34.0 Å². The lowest BCUT2D eigenvalue weighted by molar-refractivity contribution is -0.132. The average molecular weight is 467 g/mol. The number of ether oxygens (including phenoxy) is 1. The van der Waals surface area contributed by atoms with E-state index in [1.807, 2.05) is 57.2 Å². The molecule has 0 radical (unpaired) electrons. The molecule has 1 fully saturated rings. The molecule has 1 saturated heterocycles. The Kier molecular flexibility index (Phi) is 5.65. The number of H-pyrrole nitrogens is 1. The van der Waals surface area contributed by atoms with Gasteiger partial charge >= 0.3 is 0 Å². The first-order valence-corrected chi connectivity index (χ1v) is 11.6. The van der Waals surface area contributed by atoms with Crippen LogP contribution in [0.3, 0.4) is 0 Å². The number of aromatic amines is 1. The number of aromatic nitrogens is 1. The summed E-state index contributed by atoms with van der Waals surface area (Å²) in [6.07, 6.45) is 1.80. The van der Waals surface area contributed by atoms with Crippen LogP contribution in [-0.2, 0) is 9.59 Å². The summed E-state index contributed by atoms with van der Waals surface area (Å²) in [5.74, 6) is -1.01. The van der Waals surface area contributed by atoms with Crippen molar-refractivity contribution in [2.24, 2.45) is 0 Å². The van der Waals surface area contributed by atoms with E-state index in [4.69, 9.17) is 4.74 Å². The molecule has 0 spiro atoms. The molecule has 35 heavy (non-hydrogen) atoms. The second-order valence-electron chi connectivity index (χ2n) is 8.69. The lowest BCUT2D eigenvalue weighted by Crippen LogP contribution is -2.29. The van der Waals surface area contributed by atoms with Crippen molar-refractivity contribution in [3.8, 4) is 5.75 Å². The average Bonchev–Trinajstić information content (AvgIpc) is 3.39. The summed E-state index contributed by atoms with van der Waals surface area (Å²) < 4.78 is 5.64. The van der Waals surface area contributed by atoms with Crippen molar-refractivity contribution in [2.45, 2.75) is 26.8 Å². The van der Waals surface area contributed by atoms with Crippen LogP contribution < -0.4 is 9.64 Å². The summed E-state index contributed by atoms with van der Waals surface area (Å²) in [6.45, 7) is 6.28. The molecule has 1 atom stereocenters. The van der Waals surface area contributed by atoms with Crippen LogP contribution >= 0.6 is 0 Å². The van der Waals surface area contributed by atoms with Gasteiger partial charge in [0, 0.05) is 40.0 Å². The van der Waals surface area contributed by atoms with E-state index in [2.05, 4.69) is 4.98 Å². The van der Waals surface area contributed by atoms with E-state index in [1.54, 1.807) is 36.5 Å². The minimum absolute atomic E-state index is 0.0600. The highest BCUT2D eigenvalue weighted by Crippen LogP contribution is 2.44. The summed E-state index contributed by atoms with van der Waals surface area (Å²) in [4.78, 5) is 31.6. The van der Waals surface area contributed by atoms with Crippen molar-refractivity contribution < 1.29 is 19.4 Å². The van der Waals surface area contributed by atoms with Gasteiger partial charge in [-0.15, -0.1) is 0 Å². The zero-order chi connectivity index (χ0) is 24.7. The molecule has 6 heteroatoms. The Morgan fingerprint density at radius 1 is 1.00 bits per heavy atom. The van der Waals surface area contributed by atoms with Crippen molar-refractivity contribution in [1.82, 2.24) is 4.98 Å². The number of para-hydroxylation sites is 1. The van der Waals surface area contributed by atoms with Gasteiger partial charge in [-0.1, -0.05) is 36.4 Å². The first-order valence-electron chi connectivity index (χ1n) is 11.6. The predicted molar refractivity (Wildman–Crippen MR) is 137 cm³/mol. The number of carbonyl (C=O) groups is 2. The van der Waals surface area contributed by atoms with Gasteiger partial charge in [0.25, 0.3) is 11.7 Å². The van der Waals surface area contributed by atoms with Gasteiger partial charge in [0.05, 0.1) is 18.2 Å². The summed E-state index contributed by atoms with van der Waals surface area (Å²) >= 11 is 0. The molecule has 3 aromatic carbocycles. The number of aryl methyl sites for hydroxylation is 2. The lowest BCUT2D eigenvalue weighted by atomic mass is 9.94. The molecule has 176 valence electrons. The minimum atomic E-state index is -0.815. The number of rotatable bonds is 5. The van der Waals surface area contributed by atoms with Crippen molar-refractivity contribution in [1.29, 1.82) is 0 Å². The number of anilines is 1. The Balaban J connectivity index is 1.76. The quantitative estimate of drug-likeness (QED) is 0.221. The number of nitrogens with one attached hydrogen (secondary N) is 1. The molecule has 1 aromatic heterocycles. The summed E-state index contributed by atoms with van der Waals surface area (Å²) in [7, 11) is 0. The molecule has 0 aliphatic carbocycles. The molecule has 1 aliphatic heterocycles. The second-order valence-corrected chi connectivity index (χ2v) is 8.69. The number of amides is 1. The maximum atomic E-state index is 13.5. The Bertz CT molecular complexity index is 1500. The monoisotopic (exact) mass is 466 g/mol. The van der Waals surface area contributed by atoms with Crippen LogP contribution in [0.4, 0.5) is 5.69 Å². The third-order valence-electron chi connectivity index (χ3n) is 6.55. The van der Waals surface area contributed by atoms with E-state index in [1.165, 1.54) is 4.90 Å². The topological polar surface area (TPSA) is 82.6 Å². The molecular weight excluding hydrogens is 440 g/mol. The fraction of sp³-hybridized carbons (Fsp3) is 0.172. The fourth-order valence-electron chi connectivity index (χ4n) is 4.65. The maximum Gasteiger partial charge on any atom is 0.300 e. The number of hydrogen-bond acceptors (Lipinski definition) is 4. The molecule has 2 heterocycles. The number of benzene rings is 3. The van der Waals surface area contributed by atoms with E-state index < -0.39 is 17.7 Å². The van der Waals surface area contributed by atoms with Gasteiger partial charge in [0.2, 0.25) is 0 Å². The van der Waals surface area contributed by atoms with Gasteiger partial charge in [-0.25, -0.2) is 0 Å². The van der Waals surface area contributed by atoms with Crippen molar-refractivity contribution in [3.05, 3.63) is 101 Å². The first-order chi connectivity index (χ1) is 16.9. The van der Waals surface area contributed by atoms with Crippen LogP contribution in [-0.4, -0.2) is 28.4 Å². The summed E-state index contributed by atoms with van der Waals surface area (Å²) in [5, 5.41) is 12.3. The van der Waals surface area contributed by atoms with Crippen molar-refractivity contribution in [2.75, 3.05) is 11.5 Å². The highest BCUT2D eigenvalue weighted by molar-refractivity contribution is 6.51. The van der Waals surface area contributed by atoms with Gasteiger partial charge in [-0.3, -0.25) is 14.5 Å². The molecule has 5 rings (SSSR count). The standard InChI is InChI=1S/C29H26N2O4/c1-4-35-21-9-7-8-20(15-21)31-26(23-16-30-24-11-6-5-10-22(23)24)25(28(33)29(31)34)27(32)19-13-12-17(2)18(3)14-19/h5-16,26,30,32H,4H2,1-3H3/b27-25+. The molecule has 4 aromatic rings. The Labute approximate surface area is 203 Å². The molecule has 2 N–H and O–H groups in total. The van der Waals surface area contributed by atoms with E-state index in [9.17, 15) is 14.7 Å². The van der Waals surface area contributed by atoms with Crippen molar-refractivity contribution in [3.63, 3.8) is 0 Å². The Hall–Kier alpha value is -4.32. The SMILES string of the molecule is CCOc1cccc(N2C(=O)C(=O)/C(=C(/O)c3ccc(C)c(C)c3)C2c2c[nH]c3ccccc23)c1. The minimum Gasteiger partial charge on any atom is -0.507 e. The molecule has 0 saturated carbocycles. The predicted octanol–water partition coefficient (Wildman–Crippen LogP) is 5.81. The van der Waals surface area contributed by atoms with Gasteiger partial charge < -0.3 is 14.8 Å². The van der Waals surface area contributed by atoms with Crippen LogP contribution in [0, 0.1) is 13.8 Å².